The molecule has 2 aromatic heterocycles. The van der Waals surface area contributed by atoms with Gasteiger partial charge in [-0.1, -0.05) is 11.2 Å². The molecule has 4 heteroatoms. The van der Waals surface area contributed by atoms with Gasteiger partial charge in [0.25, 0.3) is 0 Å². The molecule has 0 atom stereocenters. The van der Waals surface area contributed by atoms with E-state index in [0.717, 1.165) is 22.6 Å². The lowest BCUT2D eigenvalue weighted by Crippen LogP contribution is -2.02. The van der Waals surface area contributed by atoms with Gasteiger partial charge in [0.05, 0.1) is 4.88 Å². The van der Waals surface area contributed by atoms with Crippen LogP contribution in [0.5, 0.6) is 0 Å². The van der Waals surface area contributed by atoms with Crippen molar-refractivity contribution in [3.05, 3.63) is 29.3 Å². The fraction of sp³-hybridized carbons (Fsp3) is 0.222. The first-order chi connectivity index (χ1) is 6.42. The lowest BCUT2D eigenvalue weighted by Gasteiger charge is -1.94. The SMILES string of the molecule is NCCc1conc1-c1cccs1. The van der Waals surface area contributed by atoms with Crippen LogP contribution in [0, 0.1) is 0 Å². The van der Waals surface area contributed by atoms with Crippen molar-refractivity contribution in [2.45, 2.75) is 6.42 Å². The maximum Gasteiger partial charge on any atom is 0.127 e. The van der Waals surface area contributed by atoms with Crippen molar-refractivity contribution in [1.82, 2.24) is 5.16 Å². The Morgan fingerprint density at radius 3 is 3.15 bits per heavy atom. The fourth-order valence-electron chi connectivity index (χ4n) is 1.21. The van der Waals surface area contributed by atoms with E-state index in [9.17, 15) is 0 Å². The summed E-state index contributed by atoms with van der Waals surface area (Å²) in [7, 11) is 0. The smallest absolute Gasteiger partial charge is 0.127 e. The van der Waals surface area contributed by atoms with Crippen molar-refractivity contribution in [2.75, 3.05) is 6.54 Å². The highest BCUT2D eigenvalue weighted by Crippen LogP contribution is 2.26. The van der Waals surface area contributed by atoms with Crippen LogP contribution in [0.25, 0.3) is 10.6 Å². The molecule has 0 spiro atoms. The fourth-order valence-corrected chi connectivity index (χ4v) is 1.95. The normalized spacial score (nSPS) is 10.5. The van der Waals surface area contributed by atoms with Crippen LogP contribution in [0.3, 0.4) is 0 Å². The molecule has 0 saturated heterocycles. The highest BCUT2D eigenvalue weighted by molar-refractivity contribution is 7.13. The van der Waals surface area contributed by atoms with Crippen molar-refractivity contribution < 1.29 is 4.52 Å². The molecule has 13 heavy (non-hydrogen) atoms. The number of nitrogens with zero attached hydrogens (tertiary/aromatic N) is 1. The summed E-state index contributed by atoms with van der Waals surface area (Å²) in [5.41, 5.74) is 7.49. The summed E-state index contributed by atoms with van der Waals surface area (Å²) in [6.07, 6.45) is 2.48. The third kappa shape index (κ3) is 1.64. The van der Waals surface area contributed by atoms with Crippen LogP contribution in [0.4, 0.5) is 0 Å². The molecule has 0 saturated carbocycles. The minimum atomic E-state index is 0.625. The van der Waals surface area contributed by atoms with Gasteiger partial charge in [-0.25, -0.2) is 0 Å². The summed E-state index contributed by atoms with van der Waals surface area (Å²) in [4.78, 5) is 1.14. The highest BCUT2D eigenvalue weighted by Gasteiger charge is 2.09. The van der Waals surface area contributed by atoms with Gasteiger partial charge in [-0.3, -0.25) is 0 Å². The van der Waals surface area contributed by atoms with Gasteiger partial charge >= 0.3 is 0 Å². The molecular weight excluding hydrogens is 184 g/mol. The van der Waals surface area contributed by atoms with Gasteiger partial charge in [0, 0.05) is 5.56 Å². The topological polar surface area (TPSA) is 52.0 Å². The Hall–Kier alpha value is -1.13. The molecule has 3 nitrogen and oxygen atoms in total. The second-order valence-corrected chi connectivity index (χ2v) is 3.65. The van der Waals surface area contributed by atoms with Crippen LogP contribution in [0.15, 0.2) is 28.3 Å². The summed E-state index contributed by atoms with van der Waals surface area (Å²) in [6.45, 7) is 0.625. The molecule has 2 N–H and O–H groups in total. The lowest BCUT2D eigenvalue weighted by atomic mass is 10.1. The van der Waals surface area contributed by atoms with Crippen molar-refractivity contribution in [2.24, 2.45) is 5.73 Å². The summed E-state index contributed by atoms with van der Waals surface area (Å²) < 4.78 is 4.92. The number of hydrogen-bond donors (Lipinski definition) is 1. The second-order valence-electron chi connectivity index (χ2n) is 2.70. The minimum Gasteiger partial charge on any atom is -0.364 e. The summed E-state index contributed by atoms with van der Waals surface area (Å²) >= 11 is 1.66. The average Bonchev–Trinajstić information content (AvgIpc) is 2.71. The van der Waals surface area contributed by atoms with E-state index < -0.39 is 0 Å². The molecule has 2 heterocycles. The van der Waals surface area contributed by atoms with Crippen LogP contribution in [-0.4, -0.2) is 11.7 Å². The summed E-state index contributed by atoms with van der Waals surface area (Å²) in [5, 5.41) is 5.98. The van der Waals surface area contributed by atoms with Gasteiger partial charge in [0.2, 0.25) is 0 Å². The summed E-state index contributed by atoms with van der Waals surface area (Å²) in [6, 6.07) is 4.03. The quantitative estimate of drug-likeness (QED) is 0.812. The number of nitrogens with two attached hydrogens (primary N) is 1. The van der Waals surface area contributed by atoms with Crippen molar-refractivity contribution in [3.63, 3.8) is 0 Å². The molecule has 0 aromatic carbocycles. The zero-order valence-electron chi connectivity index (χ0n) is 7.06. The van der Waals surface area contributed by atoms with E-state index >= 15 is 0 Å². The van der Waals surface area contributed by atoms with Gasteiger partial charge in [0.1, 0.15) is 12.0 Å². The van der Waals surface area contributed by atoms with Gasteiger partial charge < -0.3 is 10.3 Å². The first-order valence-electron chi connectivity index (χ1n) is 4.09. The number of hydrogen-bond acceptors (Lipinski definition) is 4. The molecule has 0 amide bonds. The van der Waals surface area contributed by atoms with Crippen LogP contribution in [0.2, 0.25) is 0 Å². The van der Waals surface area contributed by atoms with E-state index in [4.69, 9.17) is 10.3 Å². The van der Waals surface area contributed by atoms with E-state index in [-0.39, 0.29) is 0 Å². The third-order valence-electron chi connectivity index (χ3n) is 1.81. The Labute approximate surface area is 80.2 Å². The van der Waals surface area contributed by atoms with E-state index in [0.29, 0.717) is 6.54 Å². The Kier molecular flexibility index (Phi) is 2.42. The third-order valence-corrected chi connectivity index (χ3v) is 2.69. The van der Waals surface area contributed by atoms with E-state index in [1.165, 1.54) is 0 Å². The van der Waals surface area contributed by atoms with Crippen molar-refractivity contribution in [3.8, 4) is 10.6 Å². The van der Waals surface area contributed by atoms with E-state index in [1.807, 2.05) is 17.5 Å². The highest BCUT2D eigenvalue weighted by atomic mass is 32.1. The van der Waals surface area contributed by atoms with Crippen LogP contribution in [0.1, 0.15) is 5.56 Å². The average molecular weight is 194 g/mol. The first kappa shape index (κ1) is 8.47. The molecule has 0 radical (unpaired) electrons. The largest absolute Gasteiger partial charge is 0.364 e. The molecule has 2 aromatic rings. The number of rotatable bonds is 3. The molecule has 0 fully saturated rings. The number of aromatic nitrogens is 1. The monoisotopic (exact) mass is 194 g/mol. The molecule has 0 unspecified atom stereocenters. The zero-order chi connectivity index (χ0) is 9.10. The molecule has 0 aliphatic rings. The maximum atomic E-state index is 5.48. The molecule has 2 rings (SSSR count). The Balaban J connectivity index is 2.35. The van der Waals surface area contributed by atoms with Crippen LogP contribution in [-0.2, 0) is 6.42 Å². The standard InChI is InChI=1S/C9H10N2OS/c10-4-3-7-6-12-11-9(7)8-2-1-5-13-8/h1-2,5-6H,3-4,10H2. The molecule has 0 aliphatic carbocycles. The Bertz CT molecular complexity index is 367. The van der Waals surface area contributed by atoms with Crippen LogP contribution >= 0.6 is 11.3 Å². The van der Waals surface area contributed by atoms with Gasteiger partial charge in [-0.2, -0.15) is 0 Å². The second kappa shape index (κ2) is 3.72. The molecular formula is C9H10N2OS. The molecule has 68 valence electrons. The maximum absolute atomic E-state index is 5.48. The minimum absolute atomic E-state index is 0.625. The molecule has 0 aliphatic heterocycles. The lowest BCUT2D eigenvalue weighted by molar-refractivity contribution is 0.421. The van der Waals surface area contributed by atoms with Gasteiger partial charge in [0.15, 0.2) is 0 Å². The van der Waals surface area contributed by atoms with E-state index in [2.05, 4.69) is 5.16 Å². The van der Waals surface area contributed by atoms with Crippen molar-refractivity contribution >= 4 is 11.3 Å². The predicted octanol–water partition coefficient (Wildman–Crippen LogP) is 1.90. The van der Waals surface area contributed by atoms with Crippen LogP contribution < -0.4 is 5.73 Å². The summed E-state index contributed by atoms with van der Waals surface area (Å²) in [5.74, 6) is 0. The zero-order valence-corrected chi connectivity index (χ0v) is 7.88. The Morgan fingerprint density at radius 1 is 1.54 bits per heavy atom. The predicted molar refractivity (Wildman–Crippen MR) is 52.6 cm³/mol. The Morgan fingerprint density at radius 2 is 2.46 bits per heavy atom. The number of thiophene rings is 1. The van der Waals surface area contributed by atoms with Gasteiger partial charge in [-0.15, -0.1) is 11.3 Å². The first-order valence-corrected chi connectivity index (χ1v) is 4.97. The van der Waals surface area contributed by atoms with E-state index in [1.54, 1.807) is 17.6 Å². The molecule has 0 bridgehead atoms. The van der Waals surface area contributed by atoms with Gasteiger partial charge in [-0.05, 0) is 24.4 Å². The van der Waals surface area contributed by atoms with Crippen molar-refractivity contribution in [1.29, 1.82) is 0 Å².